The Bertz CT molecular complexity index is 571. The second-order valence-electron chi connectivity index (χ2n) is 3.85. The summed E-state index contributed by atoms with van der Waals surface area (Å²) in [5.41, 5.74) is 4.34. The van der Waals surface area contributed by atoms with Crippen molar-refractivity contribution >= 4 is 27.3 Å². The molecule has 8 nitrogen and oxygen atoms in total. The third kappa shape index (κ3) is 7.02. The van der Waals surface area contributed by atoms with E-state index in [-0.39, 0.29) is 65.4 Å². The molecule has 0 aliphatic rings. The van der Waals surface area contributed by atoms with Gasteiger partial charge in [-0.1, -0.05) is 6.92 Å². The van der Waals surface area contributed by atoms with Crippen molar-refractivity contribution in [2.24, 2.45) is 29.2 Å². The second-order valence-corrected chi connectivity index (χ2v) is 3.85. The summed E-state index contributed by atoms with van der Waals surface area (Å²) in [6.07, 6.45) is 5.48. The van der Waals surface area contributed by atoms with E-state index in [4.69, 9.17) is 15.6 Å². The summed E-state index contributed by atoms with van der Waals surface area (Å²) in [6.45, 7) is 3.72. The number of nitrogens with zero attached hydrogens (tertiary/aromatic N) is 7. The van der Waals surface area contributed by atoms with Crippen LogP contribution in [0, 0.1) is 26.2 Å². The van der Waals surface area contributed by atoms with E-state index in [1.165, 1.54) is 0 Å². The van der Waals surface area contributed by atoms with Gasteiger partial charge in [-0.25, -0.2) is 0 Å². The van der Waals surface area contributed by atoms with Crippen LogP contribution in [-0.4, -0.2) is 35.2 Å². The van der Waals surface area contributed by atoms with Crippen molar-refractivity contribution in [2.45, 2.75) is 13.8 Å². The zero-order valence-electron chi connectivity index (χ0n) is 12.9. The molecule has 0 atom stereocenters. The third-order valence-electron chi connectivity index (χ3n) is 2.38. The van der Waals surface area contributed by atoms with Crippen LogP contribution in [0.3, 0.4) is 0 Å². The van der Waals surface area contributed by atoms with Crippen LogP contribution in [0.15, 0.2) is 15.1 Å². The molecule has 0 unspecified atom stereocenters. The fourth-order valence-corrected chi connectivity index (χ4v) is 1.40. The van der Waals surface area contributed by atoms with Crippen LogP contribution in [0.5, 0.6) is 0 Å². The maximum absolute atomic E-state index is 4.92. The summed E-state index contributed by atoms with van der Waals surface area (Å²) in [5, 5.41) is 17.7. The Balaban J connectivity index is 0. The number of hydrogen-bond acceptors (Lipinski definition) is 6. The number of aromatic nitrogens is 4. The van der Waals surface area contributed by atoms with E-state index >= 15 is 0 Å². The Hall–Kier alpha value is -0.0423. The molecule has 12 heteroatoms. The first-order valence-electron chi connectivity index (χ1n) is 5.60. The first-order chi connectivity index (χ1) is 9.51. The van der Waals surface area contributed by atoms with Gasteiger partial charge in [0.2, 0.25) is 0 Å². The molecule has 2 heterocycles. The maximum atomic E-state index is 4.92. The Kier molecular flexibility index (Phi) is 13.6. The predicted octanol–water partition coefficient (Wildman–Crippen LogP) is 0.899. The molecule has 0 spiro atoms. The minimum atomic E-state index is 0. The van der Waals surface area contributed by atoms with E-state index in [2.05, 4.69) is 43.2 Å². The standard InChI is InChI=1S/C5H7BN4.C5H6BN4.2Y/c2*1-4-3-7-10(2)5(4)8-9-6;;/h8H,1-2H3;1-2H3;;/q2*-1;;. The van der Waals surface area contributed by atoms with Gasteiger partial charge in [0.15, 0.2) is 0 Å². The molecule has 0 saturated heterocycles. The molecule has 0 saturated carbocycles. The van der Waals surface area contributed by atoms with Crippen molar-refractivity contribution in [2.75, 3.05) is 5.43 Å². The van der Waals surface area contributed by atoms with Crippen LogP contribution >= 0.6 is 0 Å². The zero-order chi connectivity index (χ0) is 15.1. The van der Waals surface area contributed by atoms with Gasteiger partial charge in [0.25, 0.3) is 7.98 Å². The largest absolute Gasteiger partial charge is 0.345 e. The Labute approximate surface area is 182 Å². The molecule has 2 rings (SSSR count). The van der Waals surface area contributed by atoms with Gasteiger partial charge in [0.05, 0.1) is 0 Å². The first kappa shape index (κ1) is 24.2. The summed E-state index contributed by atoms with van der Waals surface area (Å²) < 4.78 is 3.18. The average Bonchev–Trinajstić information content (AvgIpc) is 2.90. The molecule has 5 radical (unpaired) electrons. The number of hydrogen-bond donors (Lipinski definition) is 1. The minimum absolute atomic E-state index is 0. The molecule has 2 aromatic rings. The monoisotopic (exact) mass is 445 g/mol. The first-order valence-corrected chi connectivity index (χ1v) is 5.60. The summed E-state index contributed by atoms with van der Waals surface area (Å²) in [5.74, 6) is 1.41. The van der Waals surface area contributed by atoms with Crippen LogP contribution in [0.4, 0.5) is 11.6 Å². The smallest absolute Gasteiger partial charge is 0.290 e. The van der Waals surface area contributed by atoms with Gasteiger partial charge in [-0.2, -0.15) is 5.56 Å². The zero-order valence-corrected chi connectivity index (χ0v) is 18.6. The fraction of sp³-hybridized carbons (Fsp3) is 0.400. The van der Waals surface area contributed by atoms with Crippen LogP contribution < -0.4 is 5.43 Å². The Morgan fingerprint density at radius 2 is 1.59 bits per heavy atom. The van der Waals surface area contributed by atoms with E-state index in [1.807, 2.05) is 13.8 Å². The van der Waals surface area contributed by atoms with E-state index in [0.717, 1.165) is 16.9 Å². The fourth-order valence-electron chi connectivity index (χ4n) is 1.40. The van der Waals surface area contributed by atoms with Gasteiger partial charge >= 0.3 is 59.4 Å². The molecular formula is C10H13B2N8Y2-2. The van der Waals surface area contributed by atoms with Gasteiger partial charge in [-0.15, -0.1) is 6.20 Å². The quantitative estimate of drug-likeness (QED) is 0.330. The van der Waals surface area contributed by atoms with Gasteiger partial charge in [0.1, 0.15) is 0 Å². The van der Waals surface area contributed by atoms with Gasteiger partial charge in [-0.05, 0) is 0 Å². The SMILES string of the molecule is [B]=NNc1c(C)[c-]nn1C.[B]N=Nc1c(C)[c-]nn1C.[Y].[Y]. The molecule has 22 heavy (non-hydrogen) atoms. The average molecular weight is 445 g/mol. The Morgan fingerprint density at radius 3 is 1.95 bits per heavy atom. The van der Waals surface area contributed by atoms with Crippen LogP contribution in [0.2, 0.25) is 0 Å². The maximum Gasteiger partial charge on any atom is 0.290 e. The molecule has 2 aromatic heterocycles. The molecule has 0 aromatic carbocycles. The molecule has 0 aliphatic carbocycles. The third-order valence-corrected chi connectivity index (χ3v) is 2.38. The van der Waals surface area contributed by atoms with Crippen molar-refractivity contribution in [3.63, 3.8) is 0 Å². The summed E-state index contributed by atoms with van der Waals surface area (Å²) in [6, 6.07) is 0. The van der Waals surface area contributed by atoms with Crippen LogP contribution in [0.1, 0.15) is 11.1 Å². The minimum Gasteiger partial charge on any atom is -0.345 e. The number of rotatable bonds is 3. The van der Waals surface area contributed by atoms with E-state index in [0.29, 0.717) is 5.82 Å². The summed E-state index contributed by atoms with van der Waals surface area (Å²) in [4.78, 5) is 0. The summed E-state index contributed by atoms with van der Waals surface area (Å²) >= 11 is 0. The molecule has 0 bridgehead atoms. The van der Waals surface area contributed by atoms with Crippen molar-refractivity contribution in [3.05, 3.63) is 23.5 Å². The summed E-state index contributed by atoms with van der Waals surface area (Å²) in [7, 11) is 13.3. The van der Waals surface area contributed by atoms with Crippen LogP contribution in [-0.2, 0) is 79.5 Å². The van der Waals surface area contributed by atoms with Gasteiger partial charge < -0.3 is 9.78 Å². The molecule has 0 fully saturated rings. The van der Waals surface area contributed by atoms with E-state index < -0.39 is 0 Å². The second kappa shape index (κ2) is 12.4. The van der Waals surface area contributed by atoms with Gasteiger partial charge in [-0.3, -0.25) is 10.1 Å². The van der Waals surface area contributed by atoms with Crippen LogP contribution in [0.25, 0.3) is 0 Å². The molecular weight excluding hydrogens is 432 g/mol. The number of aryl methyl sites for hydroxylation is 4. The van der Waals surface area contributed by atoms with Gasteiger partial charge in [0, 0.05) is 78.3 Å². The number of nitrogens with one attached hydrogen (secondary N) is 1. The van der Waals surface area contributed by atoms with Crippen molar-refractivity contribution in [1.29, 1.82) is 0 Å². The Morgan fingerprint density at radius 1 is 1.05 bits per heavy atom. The topological polar surface area (TPSA) is 84.8 Å². The molecule has 1 N–H and O–H groups in total. The van der Waals surface area contributed by atoms with Crippen molar-refractivity contribution in [3.8, 4) is 0 Å². The molecule has 0 aliphatic heterocycles. The van der Waals surface area contributed by atoms with Crippen molar-refractivity contribution in [1.82, 2.24) is 19.6 Å². The normalized spacial score (nSPS) is 9.23. The predicted molar refractivity (Wildman–Crippen MR) is 75.6 cm³/mol. The molecule has 107 valence electrons. The van der Waals surface area contributed by atoms with E-state index in [9.17, 15) is 0 Å². The number of anilines is 1. The van der Waals surface area contributed by atoms with Crippen molar-refractivity contribution < 1.29 is 65.4 Å². The molecule has 0 amide bonds. The van der Waals surface area contributed by atoms with E-state index in [1.54, 1.807) is 23.5 Å².